The van der Waals surface area contributed by atoms with E-state index in [4.69, 9.17) is 5.73 Å². The summed E-state index contributed by atoms with van der Waals surface area (Å²) in [5, 5.41) is 4.74. The number of anilines is 1. The second-order valence-electron chi connectivity index (χ2n) is 6.27. The zero-order valence-corrected chi connectivity index (χ0v) is 17.5. The number of piperidine rings is 1. The summed E-state index contributed by atoms with van der Waals surface area (Å²) in [4.78, 5) is 8.14. The van der Waals surface area contributed by atoms with Crippen LogP contribution in [0.4, 0.5) is 14.5 Å². The summed E-state index contributed by atoms with van der Waals surface area (Å²) in [5.74, 6) is -0.487. The molecule has 0 saturated carbocycles. The normalized spacial score (nSPS) is 16.3. The van der Waals surface area contributed by atoms with Crippen molar-refractivity contribution in [2.24, 2.45) is 16.6 Å². The fourth-order valence-corrected chi connectivity index (χ4v) is 3.69. The van der Waals surface area contributed by atoms with Crippen molar-refractivity contribution in [3.8, 4) is 0 Å². The SMILES string of the molecule is I.NC(=NCC1CCN(Cc2cccs2)CC1)Nc1cc(F)ccc1F. The van der Waals surface area contributed by atoms with E-state index in [1.54, 1.807) is 11.3 Å². The summed E-state index contributed by atoms with van der Waals surface area (Å²) < 4.78 is 26.7. The number of hydrogen-bond acceptors (Lipinski definition) is 3. The number of nitrogens with zero attached hydrogens (tertiary/aromatic N) is 2. The van der Waals surface area contributed by atoms with Crippen molar-refractivity contribution in [3.63, 3.8) is 0 Å². The molecule has 142 valence electrons. The van der Waals surface area contributed by atoms with E-state index < -0.39 is 11.6 Å². The summed E-state index contributed by atoms with van der Waals surface area (Å²) in [6, 6.07) is 7.45. The highest BCUT2D eigenvalue weighted by atomic mass is 127. The van der Waals surface area contributed by atoms with Gasteiger partial charge in [-0.05, 0) is 55.4 Å². The molecule has 0 amide bonds. The average molecular weight is 492 g/mol. The number of benzene rings is 1. The average Bonchev–Trinajstić information content (AvgIpc) is 3.10. The molecule has 4 nitrogen and oxygen atoms in total. The third kappa shape index (κ3) is 6.17. The van der Waals surface area contributed by atoms with Crippen LogP contribution in [-0.4, -0.2) is 30.5 Å². The van der Waals surface area contributed by atoms with Gasteiger partial charge in [0.2, 0.25) is 0 Å². The van der Waals surface area contributed by atoms with Crippen molar-refractivity contribution < 1.29 is 8.78 Å². The lowest BCUT2D eigenvalue weighted by Gasteiger charge is -2.30. The van der Waals surface area contributed by atoms with Crippen LogP contribution in [0.15, 0.2) is 40.7 Å². The molecular formula is C18H23F2IN4S. The van der Waals surface area contributed by atoms with Crippen LogP contribution >= 0.6 is 35.3 Å². The van der Waals surface area contributed by atoms with E-state index in [9.17, 15) is 8.78 Å². The van der Waals surface area contributed by atoms with Gasteiger partial charge in [0.05, 0.1) is 5.69 Å². The first-order valence-corrected chi connectivity index (χ1v) is 9.25. The lowest BCUT2D eigenvalue weighted by molar-refractivity contribution is 0.182. The molecule has 1 aliphatic rings. The van der Waals surface area contributed by atoms with Crippen molar-refractivity contribution in [2.45, 2.75) is 19.4 Å². The number of nitrogens with two attached hydrogens (primary N) is 1. The Kier molecular flexibility index (Phi) is 8.23. The van der Waals surface area contributed by atoms with Crippen LogP contribution < -0.4 is 11.1 Å². The molecule has 26 heavy (non-hydrogen) atoms. The third-order valence-electron chi connectivity index (χ3n) is 4.38. The lowest BCUT2D eigenvalue weighted by Crippen LogP contribution is -2.34. The van der Waals surface area contributed by atoms with Crippen molar-refractivity contribution in [1.29, 1.82) is 0 Å². The predicted molar refractivity (Wildman–Crippen MR) is 114 cm³/mol. The number of aliphatic imine (C=N–C) groups is 1. The van der Waals surface area contributed by atoms with Crippen LogP contribution in [0.1, 0.15) is 17.7 Å². The van der Waals surface area contributed by atoms with Gasteiger partial charge in [0.15, 0.2) is 5.96 Å². The van der Waals surface area contributed by atoms with E-state index in [2.05, 4.69) is 32.7 Å². The first-order valence-electron chi connectivity index (χ1n) is 8.37. The molecule has 1 fully saturated rings. The Bertz CT molecular complexity index is 716. The van der Waals surface area contributed by atoms with Crippen LogP contribution in [0.3, 0.4) is 0 Å². The summed E-state index contributed by atoms with van der Waals surface area (Å²) >= 11 is 1.79. The Morgan fingerprint density at radius 1 is 1.27 bits per heavy atom. The minimum Gasteiger partial charge on any atom is -0.370 e. The van der Waals surface area contributed by atoms with Crippen molar-refractivity contribution in [3.05, 3.63) is 52.2 Å². The first kappa shape index (κ1) is 21.0. The van der Waals surface area contributed by atoms with E-state index in [-0.39, 0.29) is 35.6 Å². The Labute approximate surface area is 173 Å². The second kappa shape index (κ2) is 10.2. The molecule has 2 heterocycles. The van der Waals surface area contributed by atoms with E-state index >= 15 is 0 Å². The zero-order chi connectivity index (χ0) is 17.6. The number of likely N-dealkylation sites (tertiary alicyclic amines) is 1. The molecular weight excluding hydrogens is 469 g/mol. The van der Waals surface area contributed by atoms with Gasteiger partial charge in [0, 0.05) is 24.0 Å². The summed E-state index contributed by atoms with van der Waals surface area (Å²) in [6.07, 6.45) is 2.13. The number of halogens is 3. The maximum atomic E-state index is 13.6. The lowest BCUT2D eigenvalue weighted by atomic mass is 9.97. The van der Waals surface area contributed by atoms with Crippen LogP contribution in [0, 0.1) is 17.6 Å². The number of rotatable bonds is 5. The van der Waals surface area contributed by atoms with Gasteiger partial charge >= 0.3 is 0 Å². The van der Waals surface area contributed by atoms with Crippen LogP contribution in [0.5, 0.6) is 0 Å². The maximum Gasteiger partial charge on any atom is 0.193 e. The summed E-state index contributed by atoms with van der Waals surface area (Å²) in [7, 11) is 0. The summed E-state index contributed by atoms with van der Waals surface area (Å²) in [6.45, 7) is 3.70. The highest BCUT2D eigenvalue weighted by molar-refractivity contribution is 14.0. The van der Waals surface area contributed by atoms with Crippen molar-refractivity contribution in [1.82, 2.24) is 4.90 Å². The van der Waals surface area contributed by atoms with Gasteiger partial charge in [0.25, 0.3) is 0 Å². The smallest absolute Gasteiger partial charge is 0.193 e. The molecule has 1 saturated heterocycles. The third-order valence-corrected chi connectivity index (χ3v) is 5.24. The Morgan fingerprint density at radius 3 is 2.73 bits per heavy atom. The molecule has 1 aromatic heterocycles. The van der Waals surface area contributed by atoms with Gasteiger partial charge in [-0.2, -0.15) is 0 Å². The Balaban J connectivity index is 0.00000243. The largest absolute Gasteiger partial charge is 0.370 e. The van der Waals surface area contributed by atoms with Gasteiger partial charge in [-0.3, -0.25) is 9.89 Å². The van der Waals surface area contributed by atoms with E-state index in [0.717, 1.165) is 50.7 Å². The minimum atomic E-state index is -0.554. The molecule has 0 aliphatic carbocycles. The molecule has 0 atom stereocenters. The zero-order valence-electron chi connectivity index (χ0n) is 14.3. The van der Waals surface area contributed by atoms with E-state index in [1.807, 2.05) is 0 Å². The van der Waals surface area contributed by atoms with Crippen LogP contribution in [0.25, 0.3) is 0 Å². The number of hydrogen-bond donors (Lipinski definition) is 2. The van der Waals surface area contributed by atoms with Crippen molar-refractivity contribution in [2.75, 3.05) is 25.0 Å². The van der Waals surface area contributed by atoms with Crippen LogP contribution in [-0.2, 0) is 6.54 Å². The molecule has 0 unspecified atom stereocenters. The first-order chi connectivity index (χ1) is 12.1. The fraction of sp³-hybridized carbons (Fsp3) is 0.389. The van der Waals surface area contributed by atoms with Gasteiger partial charge < -0.3 is 11.1 Å². The van der Waals surface area contributed by atoms with E-state index in [0.29, 0.717) is 12.5 Å². The highest BCUT2D eigenvalue weighted by Crippen LogP contribution is 2.21. The molecule has 1 aromatic carbocycles. The molecule has 2 aromatic rings. The quantitative estimate of drug-likeness (QED) is 0.372. The molecule has 3 N–H and O–H groups in total. The number of thiophene rings is 1. The topological polar surface area (TPSA) is 53.6 Å². The molecule has 0 radical (unpaired) electrons. The van der Waals surface area contributed by atoms with Crippen molar-refractivity contribution >= 4 is 47.0 Å². The van der Waals surface area contributed by atoms with Gasteiger partial charge in [0.1, 0.15) is 11.6 Å². The fourth-order valence-electron chi connectivity index (χ4n) is 2.95. The number of guanidine groups is 1. The maximum absolute atomic E-state index is 13.6. The van der Waals surface area contributed by atoms with Gasteiger partial charge in [-0.15, -0.1) is 35.3 Å². The van der Waals surface area contributed by atoms with E-state index in [1.165, 1.54) is 4.88 Å². The number of nitrogens with one attached hydrogen (secondary N) is 1. The Hall–Kier alpha value is -1.26. The highest BCUT2D eigenvalue weighted by Gasteiger charge is 2.19. The monoisotopic (exact) mass is 492 g/mol. The second-order valence-corrected chi connectivity index (χ2v) is 7.31. The predicted octanol–water partition coefficient (Wildman–Crippen LogP) is 4.28. The van der Waals surface area contributed by atoms with Gasteiger partial charge in [-0.1, -0.05) is 6.07 Å². The standard InChI is InChI=1S/C18H22F2N4S.HI/c19-14-3-4-16(20)17(10-14)23-18(21)22-11-13-5-7-24(8-6-13)12-15-2-1-9-25-15;/h1-4,9-10,13H,5-8,11-12H2,(H3,21,22,23);1H. The molecule has 3 rings (SSSR count). The minimum absolute atomic E-state index is 0. The molecule has 0 spiro atoms. The van der Waals surface area contributed by atoms with Crippen LogP contribution in [0.2, 0.25) is 0 Å². The summed E-state index contributed by atoms with van der Waals surface area (Å²) in [5.41, 5.74) is 5.81. The molecule has 8 heteroatoms. The molecule has 0 bridgehead atoms. The Morgan fingerprint density at radius 2 is 2.04 bits per heavy atom. The molecule has 1 aliphatic heterocycles. The van der Waals surface area contributed by atoms with Gasteiger partial charge in [-0.25, -0.2) is 8.78 Å².